The fraction of sp³-hybridized carbons (Fsp3) is 0.364. The number of thioether (sulfide) groups is 1. The SMILES string of the molecule is CC.CNC(=O)C1=C(C)N(C)C(c2ccc(F)cc2)=CC1c1cccc(N2CCN(C3=CC=CC(NS(=O)c4ccc(N[C@H](CCN5CCC(O)CC5)Sc5ccccc5)c(S(=O)(=O)C(F)(F)F)c4)C=C3)CC2)c1. The second-order valence-electron chi connectivity index (χ2n) is 18.0. The van der Waals surface area contributed by atoms with Crippen molar-refractivity contribution >= 4 is 55.6 Å². The summed E-state index contributed by atoms with van der Waals surface area (Å²) in [5.74, 6) is -0.875. The van der Waals surface area contributed by atoms with Crippen molar-refractivity contribution in [3.8, 4) is 0 Å². The topological polar surface area (TPSA) is 138 Å². The van der Waals surface area contributed by atoms with E-state index in [2.05, 4.69) is 48.3 Å². The minimum Gasteiger partial charge on any atom is -0.393 e. The van der Waals surface area contributed by atoms with Gasteiger partial charge in [0.15, 0.2) is 0 Å². The summed E-state index contributed by atoms with van der Waals surface area (Å²) in [5, 5.41) is 15.3. The number of nitrogens with one attached hydrogen (secondary N) is 3. The number of amides is 1. The van der Waals surface area contributed by atoms with E-state index in [9.17, 15) is 40.1 Å². The Bertz CT molecular complexity index is 2880. The highest BCUT2D eigenvalue weighted by Crippen LogP contribution is 2.41. The van der Waals surface area contributed by atoms with E-state index in [1.165, 1.54) is 36.0 Å². The number of halogens is 4. The van der Waals surface area contributed by atoms with Crippen molar-refractivity contribution < 1.29 is 40.1 Å². The summed E-state index contributed by atoms with van der Waals surface area (Å²) in [6.07, 6.45) is 12.6. The number of carbonyl (C=O) groups excluding carboxylic acids is 1. The monoisotopic (exact) mass is 1080 g/mol. The van der Waals surface area contributed by atoms with Gasteiger partial charge in [0.2, 0.25) is 5.91 Å². The first kappa shape index (κ1) is 56.0. The highest BCUT2D eigenvalue weighted by molar-refractivity contribution is 8.00. The summed E-state index contributed by atoms with van der Waals surface area (Å²) in [5.41, 5.74) is 0.101. The maximum atomic E-state index is 14.3. The first-order valence-corrected chi connectivity index (χ1v) is 28.3. The summed E-state index contributed by atoms with van der Waals surface area (Å²) in [6, 6.07) is 26.6. The van der Waals surface area contributed by atoms with Crippen molar-refractivity contribution in [2.45, 2.75) is 83.7 Å². The molecule has 0 spiro atoms. The molecule has 0 bridgehead atoms. The van der Waals surface area contributed by atoms with Gasteiger partial charge in [-0.15, -0.1) is 11.8 Å². The molecule has 3 unspecified atom stereocenters. The quantitative estimate of drug-likeness (QED) is 0.0486. The zero-order valence-corrected chi connectivity index (χ0v) is 44.6. The molecule has 4 N–H and O–H groups in total. The second-order valence-corrected chi connectivity index (χ2v) is 22.5. The first-order chi connectivity index (χ1) is 35.5. The van der Waals surface area contributed by atoms with Gasteiger partial charge in [-0.1, -0.05) is 62.4 Å². The lowest BCUT2D eigenvalue weighted by molar-refractivity contribution is -0.117. The number of hydrogen-bond acceptors (Lipinski definition) is 11. The molecule has 12 nitrogen and oxygen atoms in total. The van der Waals surface area contributed by atoms with E-state index in [1.54, 1.807) is 31.3 Å². The zero-order chi connectivity index (χ0) is 53.2. The lowest BCUT2D eigenvalue weighted by Gasteiger charge is -2.38. The predicted octanol–water partition coefficient (Wildman–Crippen LogP) is 9.43. The van der Waals surface area contributed by atoms with Crippen LogP contribution >= 0.6 is 11.8 Å². The van der Waals surface area contributed by atoms with Crippen LogP contribution in [-0.2, 0) is 25.6 Å². The van der Waals surface area contributed by atoms with Crippen LogP contribution in [0.15, 0.2) is 165 Å². The van der Waals surface area contributed by atoms with Gasteiger partial charge in [0.25, 0.3) is 9.84 Å². The van der Waals surface area contributed by atoms with Crippen molar-refractivity contribution in [3.05, 3.63) is 167 Å². The van der Waals surface area contributed by atoms with Crippen LogP contribution in [-0.4, -0.2) is 121 Å². The van der Waals surface area contributed by atoms with Gasteiger partial charge < -0.3 is 35.3 Å². The van der Waals surface area contributed by atoms with Gasteiger partial charge in [-0.25, -0.2) is 21.7 Å². The third kappa shape index (κ3) is 13.6. The fourth-order valence-corrected chi connectivity index (χ4v) is 12.3. The molecule has 19 heteroatoms. The number of aliphatic hydroxyl groups is 1. The van der Waals surface area contributed by atoms with Crippen LogP contribution in [0.25, 0.3) is 5.70 Å². The fourth-order valence-electron chi connectivity index (χ4n) is 9.29. The molecule has 8 rings (SSSR count). The number of piperidine rings is 1. The number of allylic oxidation sites excluding steroid dienone is 5. The molecular formula is C55H65F4N7O5S3. The standard InChI is InChI=1S/C53H59F4N7O5S3.C2H6/c1-36-51(52(66)58-2)46(35-48(61(36)3)37-15-17-39(54)18-16-37)38-9-7-12-42(33-38)64-31-29-63(30-32-64)41-11-8-10-40(19-20-41)60-71(67)45-21-22-47(49(34-45)72(68,69)53(55,56)57)59-50(70-44-13-5-4-6-14-44)25-28-62-26-23-43(65)24-27-62;1-2/h4-22,33-35,40,43,46,50,59-60,65H,23-32H2,1-3H3,(H,58,66);1-2H3/t40?,46?,50-,71?;/m0./s1. The predicted molar refractivity (Wildman–Crippen MR) is 289 cm³/mol. The van der Waals surface area contributed by atoms with Gasteiger partial charge in [-0.05, 0) is 122 Å². The second kappa shape index (κ2) is 25.2. The van der Waals surface area contributed by atoms with E-state index in [4.69, 9.17) is 0 Å². The van der Waals surface area contributed by atoms with Crippen LogP contribution in [0.3, 0.4) is 0 Å². The number of likely N-dealkylation sites (tertiary alicyclic amines) is 1. The normalized spacial score (nSPS) is 19.7. The molecule has 4 aliphatic rings. The van der Waals surface area contributed by atoms with Gasteiger partial charge in [-0.3, -0.25) is 4.79 Å². The number of aliphatic hydroxyl groups excluding tert-OH is 1. The molecule has 3 aliphatic heterocycles. The molecule has 4 aromatic carbocycles. The van der Waals surface area contributed by atoms with E-state index < -0.39 is 42.6 Å². The molecule has 4 aromatic rings. The third-order valence-corrected chi connectivity index (χ3v) is 17.3. The first-order valence-electron chi connectivity index (χ1n) is 24.8. The molecule has 0 radical (unpaired) electrons. The summed E-state index contributed by atoms with van der Waals surface area (Å²) in [4.78, 5) is 21.7. The summed E-state index contributed by atoms with van der Waals surface area (Å²) < 4.78 is 99.8. The molecule has 0 aromatic heterocycles. The van der Waals surface area contributed by atoms with Crippen LogP contribution in [0.4, 0.5) is 28.9 Å². The Labute approximate surface area is 439 Å². The summed E-state index contributed by atoms with van der Waals surface area (Å²) in [6.45, 7) is 10.6. The molecule has 4 atom stereocenters. The smallest absolute Gasteiger partial charge is 0.393 e. The number of hydrogen-bond donors (Lipinski definition) is 4. The molecule has 1 amide bonds. The van der Waals surface area contributed by atoms with Gasteiger partial charge in [0.05, 0.1) is 28.1 Å². The van der Waals surface area contributed by atoms with E-state index in [0.717, 1.165) is 44.9 Å². The molecule has 74 heavy (non-hydrogen) atoms. The number of benzene rings is 4. The van der Waals surface area contributed by atoms with Crippen LogP contribution in [0, 0.1) is 5.82 Å². The van der Waals surface area contributed by atoms with Gasteiger partial charge in [0.1, 0.15) is 21.7 Å². The van der Waals surface area contributed by atoms with Gasteiger partial charge >= 0.3 is 5.51 Å². The van der Waals surface area contributed by atoms with Crippen molar-refractivity contribution in [2.75, 3.05) is 70.1 Å². The maximum absolute atomic E-state index is 14.3. The van der Waals surface area contributed by atoms with Gasteiger partial charge in [0, 0.05) is 99.1 Å². The number of likely N-dealkylation sites (N-methyl/N-ethyl adjacent to an activating group) is 1. The van der Waals surface area contributed by atoms with Crippen LogP contribution in [0.5, 0.6) is 0 Å². The minimum atomic E-state index is -5.88. The van der Waals surface area contributed by atoms with E-state index in [-0.39, 0.29) is 34.3 Å². The van der Waals surface area contributed by atoms with E-state index in [0.29, 0.717) is 70.6 Å². The molecule has 2 fully saturated rings. The Kier molecular flexibility index (Phi) is 19.1. The Hall–Kier alpha value is -5.70. The van der Waals surface area contributed by atoms with E-state index in [1.807, 2.05) is 93.4 Å². The Morgan fingerprint density at radius 1 is 0.892 bits per heavy atom. The lowest BCUT2D eigenvalue weighted by atomic mass is 9.84. The number of piperazine rings is 1. The minimum absolute atomic E-state index is 0.141. The zero-order valence-electron chi connectivity index (χ0n) is 42.2. The maximum Gasteiger partial charge on any atom is 0.501 e. The molecule has 3 heterocycles. The molecule has 396 valence electrons. The number of alkyl halides is 3. The van der Waals surface area contributed by atoms with Gasteiger partial charge in [-0.2, -0.15) is 13.2 Å². The largest absolute Gasteiger partial charge is 0.501 e. The number of carbonyl (C=O) groups is 1. The lowest BCUT2D eigenvalue weighted by Crippen LogP contribution is -2.45. The molecule has 1 aliphatic carbocycles. The molecule has 2 saturated heterocycles. The highest BCUT2D eigenvalue weighted by atomic mass is 32.2. The molecule has 0 saturated carbocycles. The van der Waals surface area contributed by atoms with Crippen LogP contribution in [0.1, 0.15) is 57.1 Å². The Morgan fingerprint density at radius 2 is 1.58 bits per heavy atom. The van der Waals surface area contributed by atoms with Crippen molar-refractivity contribution in [1.82, 2.24) is 24.7 Å². The Morgan fingerprint density at radius 3 is 2.26 bits per heavy atom. The van der Waals surface area contributed by atoms with Crippen molar-refractivity contribution in [2.24, 2.45) is 0 Å². The number of nitrogens with zero attached hydrogens (tertiary/aromatic N) is 4. The number of anilines is 2. The highest BCUT2D eigenvalue weighted by Gasteiger charge is 2.48. The number of sulfone groups is 1. The summed E-state index contributed by atoms with van der Waals surface area (Å²) >= 11 is 1.37. The van der Waals surface area contributed by atoms with Crippen molar-refractivity contribution in [3.63, 3.8) is 0 Å². The van der Waals surface area contributed by atoms with E-state index >= 15 is 0 Å². The average molecular weight is 1080 g/mol. The number of rotatable bonds is 16. The Balaban J connectivity index is 0.00000395. The average Bonchev–Trinajstić information content (AvgIpc) is 3.65. The van der Waals surface area contributed by atoms with Crippen LogP contribution < -0.4 is 20.3 Å². The van der Waals surface area contributed by atoms with Crippen molar-refractivity contribution in [1.29, 1.82) is 0 Å². The third-order valence-electron chi connectivity index (χ3n) is 13.4. The summed E-state index contributed by atoms with van der Waals surface area (Å²) in [7, 11) is -4.49. The van der Waals surface area contributed by atoms with Crippen LogP contribution in [0.2, 0.25) is 0 Å². The molecular weight excluding hydrogens is 1010 g/mol.